The van der Waals surface area contributed by atoms with E-state index in [4.69, 9.17) is 31.4 Å². The molecule has 0 spiro atoms. The Hall–Kier alpha value is -4.31. The molecule has 2 unspecified atom stereocenters. The molecule has 17 heteroatoms. The standard InChI is InChI=1S/C28H35ClN4O2.2C2HF3O2/c1-5-8-26(34)31-27(18(2)23-15-30-24-10-7-6-9-22(23)24)28(35)33-17-19(16-32(3)4)13-20-14-21(29)11-12-25(20)33;2*3-2(4,5)1(6)7/h6-7,9-12,14-15,18-19,27,30H,5,8,13,16-17H2,1-4H3,(H,31,34);2*(H,6,7)/t18?,19-,27?;;/m1../s1. The lowest BCUT2D eigenvalue weighted by Gasteiger charge is -2.38. The summed E-state index contributed by atoms with van der Waals surface area (Å²) in [6.45, 7) is 5.46. The summed E-state index contributed by atoms with van der Waals surface area (Å²) < 4.78 is 63.5. The zero-order valence-electron chi connectivity index (χ0n) is 27.0. The molecule has 0 saturated heterocycles. The van der Waals surface area contributed by atoms with Gasteiger partial charge in [0.25, 0.3) is 0 Å². The van der Waals surface area contributed by atoms with Gasteiger partial charge < -0.3 is 30.3 Å². The monoisotopic (exact) mass is 722 g/mol. The number of para-hydroxylation sites is 1. The molecule has 49 heavy (non-hydrogen) atoms. The number of aromatic nitrogens is 1. The Morgan fingerprint density at radius 2 is 1.59 bits per heavy atom. The molecular weight excluding hydrogens is 686 g/mol. The molecule has 0 radical (unpaired) electrons. The average molecular weight is 723 g/mol. The number of carbonyl (C=O) groups is 4. The normalized spacial score (nSPS) is 15.6. The van der Waals surface area contributed by atoms with Crippen molar-refractivity contribution >= 4 is 51.9 Å². The van der Waals surface area contributed by atoms with Crippen molar-refractivity contribution in [2.45, 2.75) is 57.4 Å². The molecule has 3 atom stereocenters. The topological polar surface area (TPSA) is 143 Å². The predicted molar refractivity (Wildman–Crippen MR) is 170 cm³/mol. The molecule has 2 aromatic carbocycles. The lowest BCUT2D eigenvalue weighted by Crippen LogP contribution is -2.54. The molecule has 1 aliphatic heterocycles. The Morgan fingerprint density at radius 3 is 2.12 bits per heavy atom. The summed E-state index contributed by atoms with van der Waals surface area (Å²) in [5.74, 6) is -5.64. The van der Waals surface area contributed by atoms with Gasteiger partial charge in [-0.25, -0.2) is 9.59 Å². The van der Waals surface area contributed by atoms with Crippen molar-refractivity contribution in [2.24, 2.45) is 5.92 Å². The number of carboxylic acid groups (broad SMARTS) is 2. The summed E-state index contributed by atoms with van der Waals surface area (Å²) in [5, 5.41) is 19.1. The predicted octanol–water partition coefficient (Wildman–Crippen LogP) is 6.24. The maximum absolute atomic E-state index is 14.2. The van der Waals surface area contributed by atoms with Gasteiger partial charge in [-0.2, -0.15) is 26.3 Å². The molecule has 0 aliphatic carbocycles. The smallest absolute Gasteiger partial charge is 0.475 e. The molecule has 2 amide bonds. The van der Waals surface area contributed by atoms with E-state index in [9.17, 15) is 35.9 Å². The summed E-state index contributed by atoms with van der Waals surface area (Å²) in [6.07, 6.45) is -6.23. The van der Waals surface area contributed by atoms with Crippen molar-refractivity contribution < 1.29 is 55.7 Å². The van der Waals surface area contributed by atoms with Gasteiger partial charge in [-0.15, -0.1) is 0 Å². The van der Waals surface area contributed by atoms with Crippen LogP contribution in [0.5, 0.6) is 0 Å². The van der Waals surface area contributed by atoms with E-state index in [0.29, 0.717) is 18.0 Å². The van der Waals surface area contributed by atoms with Crippen LogP contribution in [0.15, 0.2) is 48.7 Å². The van der Waals surface area contributed by atoms with Gasteiger partial charge in [0.05, 0.1) is 0 Å². The quantitative estimate of drug-likeness (QED) is 0.202. The lowest BCUT2D eigenvalue weighted by atomic mass is 9.88. The van der Waals surface area contributed by atoms with E-state index in [1.165, 1.54) is 0 Å². The molecule has 4 rings (SSSR count). The van der Waals surface area contributed by atoms with Crippen LogP contribution >= 0.6 is 11.6 Å². The summed E-state index contributed by atoms with van der Waals surface area (Å²) in [5.41, 5.74) is 4.00. The number of anilines is 1. The molecule has 1 aliphatic rings. The van der Waals surface area contributed by atoms with Crippen LogP contribution in [0.2, 0.25) is 5.02 Å². The van der Waals surface area contributed by atoms with Gasteiger partial charge in [-0.05, 0) is 68.2 Å². The molecule has 270 valence electrons. The average Bonchev–Trinajstić information content (AvgIpc) is 3.42. The molecular formula is C32H37ClF6N4O6. The number of nitrogens with one attached hydrogen (secondary N) is 2. The number of hydrogen-bond acceptors (Lipinski definition) is 5. The van der Waals surface area contributed by atoms with Gasteiger partial charge in [0.1, 0.15) is 6.04 Å². The highest BCUT2D eigenvalue weighted by molar-refractivity contribution is 6.30. The number of aliphatic carboxylic acids is 2. The number of fused-ring (bicyclic) bond motifs is 2. The van der Waals surface area contributed by atoms with Crippen molar-refractivity contribution in [3.63, 3.8) is 0 Å². The Bertz CT molecular complexity index is 1590. The van der Waals surface area contributed by atoms with E-state index < -0.39 is 30.3 Å². The number of nitrogens with zero attached hydrogens (tertiary/aromatic N) is 2. The number of H-pyrrole nitrogens is 1. The third-order valence-electron chi connectivity index (χ3n) is 7.33. The number of benzene rings is 2. The van der Waals surface area contributed by atoms with Gasteiger partial charge in [-0.1, -0.05) is 43.6 Å². The maximum Gasteiger partial charge on any atom is 0.490 e. The van der Waals surface area contributed by atoms with E-state index in [2.05, 4.69) is 21.3 Å². The molecule has 10 nitrogen and oxygen atoms in total. The van der Waals surface area contributed by atoms with Crippen LogP contribution in [-0.2, 0) is 25.6 Å². The summed E-state index contributed by atoms with van der Waals surface area (Å²) >= 11 is 6.32. The third kappa shape index (κ3) is 12.0. The fourth-order valence-electron chi connectivity index (χ4n) is 5.25. The summed E-state index contributed by atoms with van der Waals surface area (Å²) in [6, 6.07) is 13.1. The SMILES string of the molecule is CCCC(=O)NC(C(=O)N1C[C@@H](CN(C)C)Cc2cc(Cl)ccc21)C(C)c1c[nH]c2ccccc12.O=C(O)C(F)(F)F.O=C(O)C(F)(F)F. The minimum atomic E-state index is -5.08. The fourth-order valence-corrected chi connectivity index (χ4v) is 5.45. The molecule has 4 N–H and O–H groups in total. The minimum absolute atomic E-state index is 0.0840. The van der Waals surface area contributed by atoms with E-state index in [1.807, 2.05) is 75.4 Å². The third-order valence-corrected chi connectivity index (χ3v) is 7.56. The lowest BCUT2D eigenvalue weighted by molar-refractivity contribution is -0.193. The van der Waals surface area contributed by atoms with Crippen molar-refractivity contribution in [1.29, 1.82) is 0 Å². The summed E-state index contributed by atoms with van der Waals surface area (Å²) in [7, 11) is 4.10. The highest BCUT2D eigenvalue weighted by Crippen LogP contribution is 2.35. The highest BCUT2D eigenvalue weighted by Gasteiger charge is 2.39. The summed E-state index contributed by atoms with van der Waals surface area (Å²) in [4.78, 5) is 52.1. The van der Waals surface area contributed by atoms with Gasteiger partial charge in [0, 0.05) is 53.2 Å². The maximum atomic E-state index is 14.2. The highest BCUT2D eigenvalue weighted by atomic mass is 35.5. The second-order valence-electron chi connectivity index (χ2n) is 11.5. The van der Waals surface area contributed by atoms with Crippen LogP contribution in [0.3, 0.4) is 0 Å². The number of hydrogen-bond donors (Lipinski definition) is 4. The second kappa shape index (κ2) is 17.4. The van der Waals surface area contributed by atoms with E-state index in [1.54, 1.807) is 0 Å². The number of rotatable bonds is 8. The number of alkyl halides is 6. The van der Waals surface area contributed by atoms with Crippen molar-refractivity contribution in [3.8, 4) is 0 Å². The number of aromatic amines is 1. The van der Waals surface area contributed by atoms with Crippen LogP contribution in [0, 0.1) is 5.92 Å². The minimum Gasteiger partial charge on any atom is -0.475 e. The van der Waals surface area contributed by atoms with Gasteiger partial charge in [0.2, 0.25) is 11.8 Å². The fraction of sp³-hybridized carbons (Fsp3) is 0.438. The first-order valence-electron chi connectivity index (χ1n) is 14.9. The van der Waals surface area contributed by atoms with Crippen molar-refractivity contribution in [3.05, 3.63) is 64.8 Å². The molecule has 0 bridgehead atoms. The zero-order chi connectivity index (χ0) is 37.3. The van der Waals surface area contributed by atoms with E-state index in [0.717, 1.165) is 47.1 Å². The van der Waals surface area contributed by atoms with Crippen LogP contribution in [-0.4, -0.2) is 89.4 Å². The first-order valence-corrected chi connectivity index (χ1v) is 15.2. The number of amides is 2. The first kappa shape index (κ1) is 40.9. The molecule has 3 aromatic rings. The number of halogens is 7. The Kier molecular flexibility index (Phi) is 14.5. The van der Waals surface area contributed by atoms with Gasteiger partial charge >= 0.3 is 24.3 Å². The molecule has 0 saturated carbocycles. The second-order valence-corrected chi connectivity index (χ2v) is 12.0. The Morgan fingerprint density at radius 1 is 1.02 bits per heavy atom. The van der Waals surface area contributed by atoms with Gasteiger partial charge in [0.15, 0.2) is 0 Å². The van der Waals surface area contributed by atoms with Crippen LogP contribution in [0.25, 0.3) is 10.9 Å². The van der Waals surface area contributed by atoms with Crippen LogP contribution in [0.1, 0.15) is 43.7 Å². The molecule has 0 fully saturated rings. The Labute approximate surface area is 283 Å². The molecule has 1 aromatic heterocycles. The van der Waals surface area contributed by atoms with Crippen molar-refractivity contribution in [2.75, 3.05) is 32.1 Å². The van der Waals surface area contributed by atoms with E-state index >= 15 is 0 Å². The van der Waals surface area contributed by atoms with Crippen LogP contribution in [0.4, 0.5) is 32.0 Å². The van der Waals surface area contributed by atoms with Crippen LogP contribution < -0.4 is 10.2 Å². The zero-order valence-corrected chi connectivity index (χ0v) is 27.7. The Balaban J connectivity index is 0.000000500. The van der Waals surface area contributed by atoms with Gasteiger partial charge in [-0.3, -0.25) is 9.59 Å². The van der Waals surface area contributed by atoms with E-state index in [-0.39, 0.29) is 23.7 Å². The van der Waals surface area contributed by atoms with Crippen molar-refractivity contribution in [1.82, 2.24) is 15.2 Å². The number of carboxylic acids is 2. The largest absolute Gasteiger partial charge is 0.490 e. The molecule has 2 heterocycles. The first-order chi connectivity index (χ1) is 22.7. The number of carbonyl (C=O) groups excluding carboxylic acids is 2.